The van der Waals surface area contributed by atoms with Gasteiger partial charge in [0.2, 0.25) is 10.0 Å². The topological polar surface area (TPSA) is 84.9 Å². The number of sulfonamides is 1. The van der Waals surface area contributed by atoms with Gasteiger partial charge in [-0.25, -0.2) is 8.42 Å². The highest BCUT2D eigenvalue weighted by molar-refractivity contribution is 7.89. The molecule has 1 fully saturated rings. The Morgan fingerprint density at radius 3 is 2.52 bits per heavy atom. The molecule has 1 N–H and O–H groups in total. The summed E-state index contributed by atoms with van der Waals surface area (Å²) in [5.41, 5.74) is 1.76. The van der Waals surface area contributed by atoms with Crippen molar-refractivity contribution in [1.29, 1.82) is 0 Å². The number of carbonyl (C=O) groups excluding carboxylic acids is 1. The lowest BCUT2D eigenvalue weighted by molar-refractivity contribution is 0.102. The van der Waals surface area contributed by atoms with Crippen LogP contribution in [0.3, 0.4) is 0 Å². The molecular weight excluding hydrogens is 416 g/mol. The standard InChI is InChI=1S/C23H30N2O5S/c1-4-5-14-30-19-9-10-20(17(2)15-19)24-23(26)18-8-11-21(29-3)22(16-18)31(27,28)25-12-6-7-13-25/h8-11,15-16H,4-7,12-14H2,1-3H3,(H,24,26). The molecule has 1 amide bonds. The van der Waals surface area contributed by atoms with Crippen LogP contribution in [0.25, 0.3) is 0 Å². The first-order chi connectivity index (χ1) is 14.9. The summed E-state index contributed by atoms with van der Waals surface area (Å²) >= 11 is 0. The van der Waals surface area contributed by atoms with E-state index in [-0.39, 0.29) is 22.1 Å². The predicted octanol–water partition coefficient (Wildman–Crippen LogP) is 4.22. The Hall–Kier alpha value is -2.58. The SMILES string of the molecule is CCCCOc1ccc(NC(=O)c2ccc(OC)c(S(=O)(=O)N3CCCC3)c2)c(C)c1. The van der Waals surface area contributed by atoms with Gasteiger partial charge in [-0.05, 0) is 68.1 Å². The van der Waals surface area contributed by atoms with E-state index in [1.54, 1.807) is 12.1 Å². The zero-order valence-electron chi connectivity index (χ0n) is 18.3. The van der Waals surface area contributed by atoms with Crippen LogP contribution in [0.4, 0.5) is 5.69 Å². The molecule has 31 heavy (non-hydrogen) atoms. The smallest absolute Gasteiger partial charge is 0.255 e. The van der Waals surface area contributed by atoms with Crippen molar-refractivity contribution < 1.29 is 22.7 Å². The fraction of sp³-hybridized carbons (Fsp3) is 0.435. The minimum atomic E-state index is -3.72. The molecule has 1 aliphatic rings. The summed E-state index contributed by atoms with van der Waals surface area (Å²) in [7, 11) is -2.30. The van der Waals surface area contributed by atoms with Gasteiger partial charge in [-0.2, -0.15) is 4.31 Å². The summed E-state index contributed by atoms with van der Waals surface area (Å²) in [6.45, 7) is 5.61. The number of amides is 1. The van der Waals surface area contributed by atoms with Crippen LogP contribution in [0, 0.1) is 6.92 Å². The minimum absolute atomic E-state index is 0.0148. The van der Waals surface area contributed by atoms with Gasteiger partial charge in [0.25, 0.3) is 5.91 Å². The van der Waals surface area contributed by atoms with Crippen LogP contribution in [-0.4, -0.2) is 45.4 Å². The molecule has 1 heterocycles. The quantitative estimate of drug-likeness (QED) is 0.583. The normalized spacial score (nSPS) is 14.4. The Kier molecular flexibility index (Phi) is 7.56. The highest BCUT2D eigenvalue weighted by atomic mass is 32.2. The molecule has 2 aromatic rings. The third-order valence-electron chi connectivity index (χ3n) is 5.32. The van der Waals surface area contributed by atoms with Gasteiger partial charge in [-0.15, -0.1) is 0 Å². The predicted molar refractivity (Wildman–Crippen MR) is 121 cm³/mol. The second kappa shape index (κ2) is 10.2. The third-order valence-corrected chi connectivity index (χ3v) is 7.24. The van der Waals surface area contributed by atoms with Gasteiger partial charge < -0.3 is 14.8 Å². The lowest BCUT2D eigenvalue weighted by Crippen LogP contribution is -2.28. The van der Waals surface area contributed by atoms with Crippen LogP contribution in [0.1, 0.15) is 48.5 Å². The van der Waals surface area contributed by atoms with E-state index in [0.717, 1.165) is 37.0 Å². The minimum Gasteiger partial charge on any atom is -0.495 e. The van der Waals surface area contributed by atoms with Gasteiger partial charge in [-0.3, -0.25) is 4.79 Å². The highest BCUT2D eigenvalue weighted by Crippen LogP contribution is 2.30. The second-order valence-electron chi connectivity index (χ2n) is 7.61. The average Bonchev–Trinajstić information content (AvgIpc) is 3.31. The van der Waals surface area contributed by atoms with Crippen LogP contribution < -0.4 is 14.8 Å². The summed E-state index contributed by atoms with van der Waals surface area (Å²) in [5, 5.41) is 2.86. The Morgan fingerprint density at radius 1 is 1.13 bits per heavy atom. The molecule has 1 aliphatic heterocycles. The van der Waals surface area contributed by atoms with Crippen LogP contribution in [0.2, 0.25) is 0 Å². The van der Waals surface area contributed by atoms with E-state index in [1.807, 2.05) is 19.1 Å². The van der Waals surface area contributed by atoms with Crippen LogP contribution >= 0.6 is 0 Å². The Bertz CT molecular complexity index is 1030. The lowest BCUT2D eigenvalue weighted by Gasteiger charge is -2.18. The number of anilines is 1. The van der Waals surface area contributed by atoms with E-state index < -0.39 is 10.0 Å². The number of carbonyl (C=O) groups is 1. The van der Waals surface area contributed by atoms with Crippen LogP contribution in [0.15, 0.2) is 41.3 Å². The van der Waals surface area contributed by atoms with Gasteiger partial charge >= 0.3 is 0 Å². The summed E-state index contributed by atoms with van der Waals surface area (Å²) < 4.78 is 38.5. The number of ether oxygens (including phenoxy) is 2. The van der Waals surface area contributed by atoms with Crippen LogP contribution in [-0.2, 0) is 10.0 Å². The molecule has 0 aliphatic carbocycles. The molecule has 0 radical (unpaired) electrons. The Balaban J connectivity index is 1.81. The number of nitrogens with one attached hydrogen (secondary N) is 1. The van der Waals surface area contributed by atoms with E-state index in [0.29, 0.717) is 25.4 Å². The summed E-state index contributed by atoms with van der Waals surface area (Å²) in [6.07, 6.45) is 3.71. The number of rotatable bonds is 9. The molecule has 3 rings (SSSR count). The van der Waals surface area contributed by atoms with Gasteiger partial charge in [-0.1, -0.05) is 13.3 Å². The van der Waals surface area contributed by atoms with E-state index in [2.05, 4.69) is 12.2 Å². The second-order valence-corrected chi connectivity index (χ2v) is 9.52. The van der Waals surface area contributed by atoms with Crippen molar-refractivity contribution in [3.63, 3.8) is 0 Å². The molecule has 0 unspecified atom stereocenters. The van der Waals surface area contributed by atoms with Gasteiger partial charge in [0.05, 0.1) is 13.7 Å². The molecule has 2 aromatic carbocycles. The van der Waals surface area contributed by atoms with Crippen molar-refractivity contribution in [2.24, 2.45) is 0 Å². The fourth-order valence-electron chi connectivity index (χ4n) is 3.48. The van der Waals surface area contributed by atoms with Crippen molar-refractivity contribution in [1.82, 2.24) is 4.31 Å². The number of hydrogen-bond acceptors (Lipinski definition) is 5. The molecule has 7 nitrogen and oxygen atoms in total. The molecule has 0 bridgehead atoms. The number of methoxy groups -OCH3 is 1. The van der Waals surface area contributed by atoms with Gasteiger partial charge in [0.1, 0.15) is 16.4 Å². The van der Waals surface area contributed by atoms with E-state index in [1.165, 1.54) is 23.5 Å². The zero-order chi connectivity index (χ0) is 22.4. The zero-order valence-corrected chi connectivity index (χ0v) is 19.1. The first-order valence-electron chi connectivity index (χ1n) is 10.6. The van der Waals surface area contributed by atoms with E-state index >= 15 is 0 Å². The first-order valence-corrected chi connectivity index (χ1v) is 12.0. The Labute approximate surface area is 184 Å². The van der Waals surface area contributed by atoms with Crippen molar-refractivity contribution in [3.05, 3.63) is 47.5 Å². The molecule has 168 valence electrons. The maximum atomic E-state index is 13.0. The van der Waals surface area contributed by atoms with Crippen LogP contribution in [0.5, 0.6) is 11.5 Å². The summed E-state index contributed by atoms with van der Waals surface area (Å²) in [4.78, 5) is 12.9. The summed E-state index contributed by atoms with van der Waals surface area (Å²) in [5.74, 6) is 0.601. The van der Waals surface area contributed by atoms with Crippen molar-refractivity contribution in [3.8, 4) is 11.5 Å². The van der Waals surface area contributed by atoms with Gasteiger partial charge in [0.15, 0.2) is 0 Å². The molecular formula is C23H30N2O5S. The fourth-order valence-corrected chi connectivity index (χ4v) is 5.18. The van der Waals surface area contributed by atoms with E-state index in [9.17, 15) is 13.2 Å². The number of unbranched alkanes of at least 4 members (excludes halogenated alkanes) is 1. The number of hydrogen-bond donors (Lipinski definition) is 1. The summed E-state index contributed by atoms with van der Waals surface area (Å²) in [6, 6.07) is 9.96. The first kappa shape index (κ1) is 23.1. The maximum absolute atomic E-state index is 13.0. The number of benzene rings is 2. The maximum Gasteiger partial charge on any atom is 0.255 e. The van der Waals surface area contributed by atoms with Crippen molar-refractivity contribution in [2.75, 3.05) is 32.1 Å². The monoisotopic (exact) mass is 446 g/mol. The average molecular weight is 447 g/mol. The third kappa shape index (κ3) is 5.37. The lowest BCUT2D eigenvalue weighted by atomic mass is 10.1. The molecule has 0 saturated carbocycles. The van der Waals surface area contributed by atoms with E-state index in [4.69, 9.17) is 9.47 Å². The molecule has 0 aromatic heterocycles. The largest absolute Gasteiger partial charge is 0.495 e. The molecule has 0 spiro atoms. The molecule has 1 saturated heterocycles. The van der Waals surface area contributed by atoms with Gasteiger partial charge in [0, 0.05) is 24.3 Å². The Morgan fingerprint density at radius 2 is 1.87 bits per heavy atom. The molecule has 8 heteroatoms. The molecule has 0 atom stereocenters. The van der Waals surface area contributed by atoms with Crippen molar-refractivity contribution in [2.45, 2.75) is 44.4 Å². The van der Waals surface area contributed by atoms with Crippen molar-refractivity contribution >= 4 is 21.6 Å². The number of nitrogens with zero attached hydrogens (tertiary/aromatic N) is 1. The highest BCUT2D eigenvalue weighted by Gasteiger charge is 2.30. The number of aryl methyl sites for hydroxylation is 1.